The second kappa shape index (κ2) is 7.97. The average Bonchev–Trinajstić information content (AvgIpc) is 2.45. The Balaban J connectivity index is 2.37. The van der Waals surface area contributed by atoms with Crippen LogP contribution in [0.15, 0.2) is 30.3 Å². The van der Waals surface area contributed by atoms with Crippen LogP contribution in [0.3, 0.4) is 0 Å². The number of Topliss-reactive ketones (excluding diaryl/α,β-unsaturated/α-hetero) is 1. The number of hydrogen-bond acceptors (Lipinski definition) is 3. The van der Waals surface area contributed by atoms with Crippen LogP contribution < -0.4 is 0 Å². The summed E-state index contributed by atoms with van der Waals surface area (Å²) in [4.78, 5) is 25.6. The van der Waals surface area contributed by atoms with Gasteiger partial charge in [0.25, 0.3) is 0 Å². The number of amides is 1. The van der Waals surface area contributed by atoms with E-state index in [1.807, 2.05) is 58.0 Å². The summed E-state index contributed by atoms with van der Waals surface area (Å²) < 4.78 is 5.29. The third-order valence-corrected chi connectivity index (χ3v) is 3.34. The molecule has 122 valence electrons. The van der Waals surface area contributed by atoms with Gasteiger partial charge in [0.05, 0.1) is 0 Å². The molecule has 0 aromatic heterocycles. The first-order valence-electron chi connectivity index (χ1n) is 7.74. The number of ether oxygens (including phenoxy) is 1. The summed E-state index contributed by atoms with van der Waals surface area (Å²) in [5.41, 5.74) is 0.262. The molecule has 4 heteroatoms. The topological polar surface area (TPSA) is 46.6 Å². The van der Waals surface area contributed by atoms with Crippen LogP contribution in [0.1, 0.15) is 50.9 Å². The minimum Gasteiger partial charge on any atom is -0.444 e. The van der Waals surface area contributed by atoms with E-state index in [2.05, 4.69) is 0 Å². The van der Waals surface area contributed by atoms with Crippen molar-refractivity contribution in [2.24, 2.45) is 5.92 Å². The molecule has 0 N–H and O–H groups in total. The van der Waals surface area contributed by atoms with E-state index in [0.717, 1.165) is 18.4 Å². The lowest BCUT2D eigenvalue weighted by Gasteiger charge is -2.24. The molecule has 1 unspecified atom stereocenters. The fourth-order valence-electron chi connectivity index (χ4n) is 2.08. The molecule has 0 aliphatic carbocycles. The quantitative estimate of drug-likeness (QED) is 0.742. The monoisotopic (exact) mass is 305 g/mol. The molecule has 0 radical (unpaired) electrons. The molecule has 0 spiro atoms. The highest BCUT2D eigenvalue weighted by atomic mass is 16.6. The number of ketones is 1. The minimum atomic E-state index is -0.484. The minimum absolute atomic E-state index is 0.0468. The van der Waals surface area contributed by atoms with Gasteiger partial charge in [0, 0.05) is 25.1 Å². The Labute approximate surface area is 133 Å². The van der Waals surface area contributed by atoms with E-state index in [4.69, 9.17) is 4.74 Å². The average molecular weight is 305 g/mol. The second-order valence-electron chi connectivity index (χ2n) is 6.68. The molecule has 1 aromatic rings. The number of hydrogen-bond donors (Lipinski definition) is 0. The molecule has 1 atom stereocenters. The van der Waals surface area contributed by atoms with Crippen molar-refractivity contribution in [2.75, 3.05) is 13.6 Å². The van der Waals surface area contributed by atoms with Crippen molar-refractivity contribution in [1.82, 2.24) is 4.90 Å². The van der Waals surface area contributed by atoms with Gasteiger partial charge in [-0.05, 0) is 33.6 Å². The zero-order valence-corrected chi connectivity index (χ0v) is 14.3. The Kier molecular flexibility index (Phi) is 6.60. The zero-order valence-electron chi connectivity index (χ0n) is 14.3. The summed E-state index contributed by atoms with van der Waals surface area (Å²) in [5, 5.41) is 0. The zero-order chi connectivity index (χ0) is 16.8. The maximum absolute atomic E-state index is 12.2. The van der Waals surface area contributed by atoms with Gasteiger partial charge >= 0.3 is 6.09 Å². The van der Waals surface area contributed by atoms with Crippen molar-refractivity contribution in [2.45, 2.75) is 46.1 Å². The van der Waals surface area contributed by atoms with Crippen LogP contribution in [0, 0.1) is 5.92 Å². The van der Waals surface area contributed by atoms with Crippen molar-refractivity contribution in [3.63, 3.8) is 0 Å². The molecule has 0 aliphatic rings. The van der Waals surface area contributed by atoms with Crippen LogP contribution in [0.5, 0.6) is 0 Å². The van der Waals surface area contributed by atoms with Gasteiger partial charge in [-0.15, -0.1) is 0 Å². The van der Waals surface area contributed by atoms with Crippen molar-refractivity contribution in [1.29, 1.82) is 0 Å². The number of rotatable bonds is 6. The summed E-state index contributed by atoms with van der Waals surface area (Å²) in [7, 11) is 1.72. The van der Waals surface area contributed by atoms with E-state index in [1.54, 1.807) is 11.9 Å². The van der Waals surface area contributed by atoms with Crippen LogP contribution in [-0.4, -0.2) is 36.0 Å². The Morgan fingerprint density at radius 3 is 2.32 bits per heavy atom. The summed E-state index contributed by atoms with van der Waals surface area (Å²) in [6.07, 6.45) is 1.20. The van der Waals surface area contributed by atoms with Gasteiger partial charge in [-0.3, -0.25) is 4.79 Å². The maximum atomic E-state index is 12.2. The molecule has 1 rings (SSSR count). The fourth-order valence-corrected chi connectivity index (χ4v) is 2.08. The molecule has 0 heterocycles. The van der Waals surface area contributed by atoms with Gasteiger partial charge in [0.15, 0.2) is 5.78 Å². The van der Waals surface area contributed by atoms with E-state index < -0.39 is 5.60 Å². The molecule has 0 bridgehead atoms. The first kappa shape index (κ1) is 18.2. The Hall–Kier alpha value is -1.84. The van der Waals surface area contributed by atoms with Crippen LogP contribution in [0.4, 0.5) is 4.79 Å². The predicted octanol–water partition coefficient (Wildman–Crippen LogP) is 4.15. The first-order valence-corrected chi connectivity index (χ1v) is 7.74. The highest BCUT2D eigenvalue weighted by Crippen LogP contribution is 2.15. The first-order chi connectivity index (χ1) is 10.2. The van der Waals surface area contributed by atoms with Crippen LogP contribution >= 0.6 is 0 Å². The number of carbonyl (C=O) groups excluding carboxylic acids is 2. The molecule has 22 heavy (non-hydrogen) atoms. The third kappa shape index (κ3) is 6.29. The lowest BCUT2D eigenvalue weighted by atomic mass is 9.95. The van der Waals surface area contributed by atoms with E-state index in [0.29, 0.717) is 6.54 Å². The Morgan fingerprint density at radius 1 is 1.18 bits per heavy atom. The second-order valence-corrected chi connectivity index (χ2v) is 6.68. The van der Waals surface area contributed by atoms with Crippen molar-refractivity contribution < 1.29 is 14.3 Å². The molecule has 1 aromatic carbocycles. The SMILES string of the molecule is CC(CCCN(C)C(=O)OC(C)(C)C)C(=O)c1ccccc1. The summed E-state index contributed by atoms with van der Waals surface area (Å²) >= 11 is 0. The summed E-state index contributed by atoms with van der Waals surface area (Å²) in [6, 6.07) is 9.32. The van der Waals surface area contributed by atoms with Crippen LogP contribution in [0.2, 0.25) is 0 Å². The fraction of sp³-hybridized carbons (Fsp3) is 0.556. The maximum Gasteiger partial charge on any atom is 0.410 e. The van der Waals surface area contributed by atoms with Gasteiger partial charge < -0.3 is 9.64 Å². The van der Waals surface area contributed by atoms with Crippen LogP contribution in [0.25, 0.3) is 0 Å². The van der Waals surface area contributed by atoms with Gasteiger partial charge in [0.1, 0.15) is 5.60 Å². The molecule has 1 amide bonds. The van der Waals surface area contributed by atoms with E-state index in [1.165, 1.54) is 0 Å². The van der Waals surface area contributed by atoms with Crippen molar-refractivity contribution in [3.05, 3.63) is 35.9 Å². The van der Waals surface area contributed by atoms with Gasteiger partial charge in [0.2, 0.25) is 0 Å². The van der Waals surface area contributed by atoms with Crippen molar-refractivity contribution >= 4 is 11.9 Å². The standard InChI is InChI=1S/C18H27NO3/c1-14(16(20)15-11-7-6-8-12-15)10-9-13-19(5)17(21)22-18(2,3)4/h6-8,11-12,14H,9-10,13H2,1-5H3. The summed E-state index contributed by atoms with van der Waals surface area (Å²) in [6.45, 7) is 8.06. The van der Waals surface area contributed by atoms with Crippen LogP contribution in [-0.2, 0) is 4.74 Å². The molecule has 0 aliphatic heterocycles. The molecule has 4 nitrogen and oxygen atoms in total. The predicted molar refractivity (Wildman–Crippen MR) is 88.0 cm³/mol. The largest absolute Gasteiger partial charge is 0.444 e. The Bertz CT molecular complexity index is 491. The number of benzene rings is 1. The highest BCUT2D eigenvalue weighted by Gasteiger charge is 2.20. The molecule has 0 saturated carbocycles. The lowest BCUT2D eigenvalue weighted by molar-refractivity contribution is 0.0295. The van der Waals surface area contributed by atoms with Gasteiger partial charge in [-0.25, -0.2) is 4.79 Å². The number of carbonyl (C=O) groups is 2. The molecular formula is C18H27NO3. The van der Waals surface area contributed by atoms with Gasteiger partial charge in [-0.2, -0.15) is 0 Å². The third-order valence-electron chi connectivity index (χ3n) is 3.34. The summed E-state index contributed by atoms with van der Waals surface area (Å²) in [5.74, 6) is 0.106. The smallest absolute Gasteiger partial charge is 0.410 e. The van der Waals surface area contributed by atoms with Gasteiger partial charge in [-0.1, -0.05) is 37.3 Å². The lowest BCUT2D eigenvalue weighted by Crippen LogP contribution is -2.34. The van der Waals surface area contributed by atoms with E-state index in [-0.39, 0.29) is 17.8 Å². The molecular weight excluding hydrogens is 278 g/mol. The highest BCUT2D eigenvalue weighted by molar-refractivity contribution is 5.97. The number of nitrogens with zero attached hydrogens (tertiary/aromatic N) is 1. The van der Waals surface area contributed by atoms with E-state index in [9.17, 15) is 9.59 Å². The van der Waals surface area contributed by atoms with E-state index >= 15 is 0 Å². The Morgan fingerprint density at radius 2 is 1.77 bits per heavy atom. The van der Waals surface area contributed by atoms with Crippen molar-refractivity contribution in [3.8, 4) is 0 Å². The molecule has 0 saturated heterocycles. The molecule has 0 fully saturated rings. The normalized spacial score (nSPS) is 12.6.